The van der Waals surface area contributed by atoms with Gasteiger partial charge in [0.1, 0.15) is 11.3 Å². The summed E-state index contributed by atoms with van der Waals surface area (Å²) in [5.74, 6) is 0.855. The minimum absolute atomic E-state index is 0.855. The summed E-state index contributed by atoms with van der Waals surface area (Å²) in [6.07, 6.45) is 0. The van der Waals surface area contributed by atoms with E-state index in [1.807, 2.05) is 6.07 Å². The van der Waals surface area contributed by atoms with E-state index in [1.54, 1.807) is 0 Å². The molecule has 0 saturated heterocycles. The van der Waals surface area contributed by atoms with E-state index in [4.69, 9.17) is 4.42 Å². The molecule has 2 nitrogen and oxygen atoms in total. The van der Waals surface area contributed by atoms with Gasteiger partial charge in [0, 0.05) is 27.6 Å². The maximum absolute atomic E-state index is 6.80. The Morgan fingerprint density at radius 1 is 0.346 bits per heavy atom. The molecule has 0 N–H and O–H groups in total. The van der Waals surface area contributed by atoms with E-state index in [0.717, 1.165) is 50.5 Å². The van der Waals surface area contributed by atoms with Crippen molar-refractivity contribution in [2.24, 2.45) is 0 Å². The molecule has 0 bridgehead atoms. The number of para-hydroxylation sites is 2. The van der Waals surface area contributed by atoms with E-state index < -0.39 is 0 Å². The molecule has 0 aliphatic rings. The molecule has 1 heterocycles. The predicted molar refractivity (Wildman–Crippen MR) is 220 cm³/mol. The second-order valence-electron chi connectivity index (χ2n) is 13.3. The first-order valence-electron chi connectivity index (χ1n) is 17.8. The summed E-state index contributed by atoms with van der Waals surface area (Å²) in [6.45, 7) is 0. The second-order valence-corrected chi connectivity index (χ2v) is 13.3. The normalized spacial score (nSPS) is 11.5. The summed E-state index contributed by atoms with van der Waals surface area (Å²) in [5, 5.41) is 8.54. The fourth-order valence-electron chi connectivity index (χ4n) is 7.79. The standard InChI is InChI=1S/C50H33NO/c1-2-15-37(16-3-1)49-45-21-9-11-24-48(45)52-50(49)44-20-8-10-22-47(44)51(46-23-12-17-35-13-5-7-19-43(35)46)40-30-27-34(28-31-40)38-29-32-42-39(33-38)26-25-36-14-4-6-18-41(36)42/h1-33H. The highest BCUT2D eigenvalue weighted by Crippen LogP contribution is 2.48. The van der Waals surface area contributed by atoms with Crippen molar-refractivity contribution >= 4 is 60.3 Å². The van der Waals surface area contributed by atoms with E-state index in [9.17, 15) is 0 Å². The third-order valence-corrected chi connectivity index (χ3v) is 10.3. The first-order valence-corrected chi connectivity index (χ1v) is 17.8. The lowest BCUT2D eigenvalue weighted by molar-refractivity contribution is 0.632. The van der Waals surface area contributed by atoms with Gasteiger partial charge < -0.3 is 9.32 Å². The molecule has 9 aromatic carbocycles. The van der Waals surface area contributed by atoms with Crippen molar-refractivity contribution in [1.82, 2.24) is 0 Å². The van der Waals surface area contributed by atoms with Crippen LogP contribution in [0.2, 0.25) is 0 Å². The van der Waals surface area contributed by atoms with Crippen LogP contribution in [-0.4, -0.2) is 0 Å². The Labute approximate surface area is 302 Å². The summed E-state index contributed by atoms with van der Waals surface area (Å²) in [6, 6.07) is 71.6. The highest BCUT2D eigenvalue weighted by atomic mass is 16.3. The summed E-state index contributed by atoms with van der Waals surface area (Å²) in [4.78, 5) is 2.38. The van der Waals surface area contributed by atoms with Crippen molar-refractivity contribution in [2.75, 3.05) is 4.90 Å². The molecule has 244 valence electrons. The van der Waals surface area contributed by atoms with Crippen LogP contribution in [0.1, 0.15) is 0 Å². The number of fused-ring (bicyclic) bond motifs is 5. The minimum atomic E-state index is 0.855. The van der Waals surface area contributed by atoms with Gasteiger partial charge in [-0.15, -0.1) is 0 Å². The molecule has 0 radical (unpaired) electrons. The number of benzene rings is 9. The monoisotopic (exact) mass is 663 g/mol. The van der Waals surface area contributed by atoms with Crippen LogP contribution >= 0.6 is 0 Å². The topological polar surface area (TPSA) is 16.4 Å². The van der Waals surface area contributed by atoms with Crippen LogP contribution in [0.15, 0.2) is 205 Å². The molecule has 0 aliphatic heterocycles. The highest BCUT2D eigenvalue weighted by molar-refractivity contribution is 6.09. The molecule has 0 aliphatic carbocycles. The Balaban J connectivity index is 1.15. The molecule has 0 amide bonds. The van der Waals surface area contributed by atoms with Crippen LogP contribution in [0.3, 0.4) is 0 Å². The molecule has 0 unspecified atom stereocenters. The number of rotatable bonds is 6. The van der Waals surface area contributed by atoms with Crippen LogP contribution in [0, 0.1) is 0 Å². The lowest BCUT2D eigenvalue weighted by Gasteiger charge is -2.29. The zero-order valence-corrected chi connectivity index (χ0v) is 28.4. The fourth-order valence-corrected chi connectivity index (χ4v) is 7.79. The Hall–Kier alpha value is -6.90. The quantitative estimate of drug-likeness (QED) is 0.165. The zero-order chi connectivity index (χ0) is 34.4. The molecular formula is C50H33NO. The summed E-state index contributed by atoms with van der Waals surface area (Å²) < 4.78 is 6.80. The number of anilines is 3. The third-order valence-electron chi connectivity index (χ3n) is 10.3. The van der Waals surface area contributed by atoms with Crippen LogP contribution in [-0.2, 0) is 0 Å². The minimum Gasteiger partial charge on any atom is -0.455 e. The van der Waals surface area contributed by atoms with Gasteiger partial charge in [-0.2, -0.15) is 0 Å². The van der Waals surface area contributed by atoms with E-state index in [-0.39, 0.29) is 0 Å². The molecule has 0 spiro atoms. The van der Waals surface area contributed by atoms with E-state index in [1.165, 1.54) is 43.4 Å². The van der Waals surface area contributed by atoms with Crippen molar-refractivity contribution in [3.63, 3.8) is 0 Å². The van der Waals surface area contributed by atoms with Crippen molar-refractivity contribution < 1.29 is 4.42 Å². The average molecular weight is 664 g/mol. The first-order chi connectivity index (χ1) is 25.8. The van der Waals surface area contributed by atoms with Gasteiger partial charge in [0.05, 0.1) is 11.4 Å². The number of furan rings is 1. The van der Waals surface area contributed by atoms with Gasteiger partial charge in [-0.25, -0.2) is 0 Å². The van der Waals surface area contributed by atoms with E-state index in [2.05, 4.69) is 199 Å². The Morgan fingerprint density at radius 2 is 0.942 bits per heavy atom. The molecule has 1 aromatic heterocycles. The summed E-state index contributed by atoms with van der Waals surface area (Å²) >= 11 is 0. The second kappa shape index (κ2) is 12.5. The Bertz CT molecular complexity index is 2900. The smallest absolute Gasteiger partial charge is 0.145 e. The number of hydrogen-bond donors (Lipinski definition) is 0. The maximum atomic E-state index is 6.80. The van der Waals surface area contributed by atoms with Gasteiger partial charge in [-0.1, -0.05) is 158 Å². The summed E-state index contributed by atoms with van der Waals surface area (Å²) in [5.41, 5.74) is 9.70. The zero-order valence-electron chi connectivity index (χ0n) is 28.4. The predicted octanol–water partition coefficient (Wildman–Crippen LogP) is 14.4. The van der Waals surface area contributed by atoms with Gasteiger partial charge in [0.2, 0.25) is 0 Å². The number of hydrogen-bond acceptors (Lipinski definition) is 2. The molecule has 2 heteroatoms. The SMILES string of the molecule is c1ccc(-c2c(-c3ccccc3N(c3ccc(-c4ccc5c(ccc6ccccc65)c4)cc3)c3cccc4ccccc34)oc3ccccc23)cc1. The van der Waals surface area contributed by atoms with Crippen LogP contribution in [0.5, 0.6) is 0 Å². The molecule has 10 rings (SSSR count). The largest absolute Gasteiger partial charge is 0.455 e. The van der Waals surface area contributed by atoms with Gasteiger partial charge in [-0.3, -0.25) is 0 Å². The molecule has 10 aromatic rings. The van der Waals surface area contributed by atoms with Crippen molar-refractivity contribution in [1.29, 1.82) is 0 Å². The van der Waals surface area contributed by atoms with Gasteiger partial charge in [0.25, 0.3) is 0 Å². The van der Waals surface area contributed by atoms with Gasteiger partial charge in [0.15, 0.2) is 0 Å². The highest BCUT2D eigenvalue weighted by Gasteiger charge is 2.24. The lowest BCUT2D eigenvalue weighted by Crippen LogP contribution is -2.11. The maximum Gasteiger partial charge on any atom is 0.145 e. The Morgan fingerprint density at radius 3 is 1.79 bits per heavy atom. The average Bonchev–Trinajstić information content (AvgIpc) is 3.61. The van der Waals surface area contributed by atoms with E-state index >= 15 is 0 Å². The molecule has 0 atom stereocenters. The van der Waals surface area contributed by atoms with Crippen LogP contribution < -0.4 is 4.90 Å². The van der Waals surface area contributed by atoms with Crippen molar-refractivity contribution in [3.8, 4) is 33.6 Å². The van der Waals surface area contributed by atoms with Gasteiger partial charge in [-0.05, 0) is 86.1 Å². The molecule has 0 saturated carbocycles. The molecule has 52 heavy (non-hydrogen) atoms. The Kier molecular flexibility index (Phi) is 7.18. The molecular weight excluding hydrogens is 631 g/mol. The number of nitrogens with zero attached hydrogens (tertiary/aromatic N) is 1. The van der Waals surface area contributed by atoms with Crippen LogP contribution in [0.4, 0.5) is 17.1 Å². The fraction of sp³-hybridized carbons (Fsp3) is 0. The van der Waals surface area contributed by atoms with Gasteiger partial charge >= 0.3 is 0 Å². The third kappa shape index (κ3) is 5.04. The lowest BCUT2D eigenvalue weighted by atomic mass is 9.96. The summed E-state index contributed by atoms with van der Waals surface area (Å²) in [7, 11) is 0. The molecule has 0 fully saturated rings. The van der Waals surface area contributed by atoms with E-state index in [0.29, 0.717) is 0 Å². The van der Waals surface area contributed by atoms with Crippen molar-refractivity contribution in [3.05, 3.63) is 200 Å². The first kappa shape index (κ1) is 30.0. The van der Waals surface area contributed by atoms with Crippen molar-refractivity contribution in [2.45, 2.75) is 0 Å². The van der Waals surface area contributed by atoms with Crippen LogP contribution in [0.25, 0.3) is 76.9 Å².